The molecule has 1 aromatic rings. The summed E-state index contributed by atoms with van der Waals surface area (Å²) >= 11 is 0. The molecule has 0 aliphatic carbocycles. The van der Waals surface area contributed by atoms with Crippen LogP contribution >= 0.6 is 0 Å². The molecule has 1 saturated heterocycles. The van der Waals surface area contributed by atoms with Gasteiger partial charge in [-0.05, 0) is 37.5 Å². The highest BCUT2D eigenvalue weighted by atomic mass is 16.2. The van der Waals surface area contributed by atoms with Gasteiger partial charge in [0, 0.05) is 12.1 Å². The summed E-state index contributed by atoms with van der Waals surface area (Å²) in [6, 6.07) is 7.91. The molecule has 18 heavy (non-hydrogen) atoms. The molecule has 94 valence electrons. The van der Waals surface area contributed by atoms with Crippen LogP contribution in [0.2, 0.25) is 0 Å². The Morgan fingerprint density at radius 3 is 2.72 bits per heavy atom. The number of carbonyl (C=O) groups is 1. The van der Waals surface area contributed by atoms with Gasteiger partial charge in [0.05, 0.1) is 6.04 Å². The Balaban J connectivity index is 2.16. The quantitative estimate of drug-likeness (QED) is 0.743. The van der Waals surface area contributed by atoms with Crippen molar-refractivity contribution in [3.05, 3.63) is 59.7 Å². The number of hydrogen-bond acceptors (Lipinski definition) is 1. The van der Waals surface area contributed by atoms with Gasteiger partial charge < -0.3 is 4.90 Å². The van der Waals surface area contributed by atoms with Crippen LogP contribution in [0.4, 0.5) is 0 Å². The number of nitrogens with zero attached hydrogens (tertiary/aromatic N) is 1. The van der Waals surface area contributed by atoms with E-state index in [9.17, 15) is 4.79 Å². The van der Waals surface area contributed by atoms with Gasteiger partial charge in [-0.15, -0.1) is 0 Å². The number of likely N-dealkylation sites (tertiary alicyclic amines) is 1. The second-order valence-electron chi connectivity index (χ2n) is 4.69. The highest BCUT2D eigenvalue weighted by Crippen LogP contribution is 2.27. The molecule has 0 N–H and O–H groups in total. The molecule has 0 saturated carbocycles. The topological polar surface area (TPSA) is 20.3 Å². The van der Waals surface area contributed by atoms with Crippen LogP contribution in [0.5, 0.6) is 0 Å². The van der Waals surface area contributed by atoms with Gasteiger partial charge >= 0.3 is 0 Å². The first kappa shape index (κ1) is 12.6. The molecule has 1 aliphatic heterocycles. The third-order valence-electron chi connectivity index (χ3n) is 3.46. The largest absolute Gasteiger partial charge is 0.331 e. The van der Waals surface area contributed by atoms with Crippen molar-refractivity contribution in [2.45, 2.75) is 26.3 Å². The third kappa shape index (κ3) is 2.23. The molecule has 2 nitrogen and oxygen atoms in total. The van der Waals surface area contributed by atoms with Gasteiger partial charge in [-0.2, -0.15) is 0 Å². The molecule has 0 unspecified atom stereocenters. The van der Waals surface area contributed by atoms with Crippen LogP contribution in [0.3, 0.4) is 0 Å². The van der Waals surface area contributed by atoms with Crippen LogP contribution in [-0.2, 0) is 0 Å². The molecule has 1 atom stereocenters. The smallest absolute Gasteiger partial charge is 0.254 e. The summed E-state index contributed by atoms with van der Waals surface area (Å²) in [5.41, 5.74) is 2.85. The molecule has 2 heteroatoms. The van der Waals surface area contributed by atoms with E-state index >= 15 is 0 Å². The molecule has 0 spiro atoms. The van der Waals surface area contributed by atoms with E-state index in [1.807, 2.05) is 55.2 Å². The molecule has 0 aromatic heterocycles. The lowest BCUT2D eigenvalue weighted by atomic mass is 9.93. The average molecular weight is 241 g/mol. The highest BCUT2D eigenvalue weighted by Gasteiger charge is 2.33. The first-order valence-electron chi connectivity index (χ1n) is 6.33. The molecular weight excluding hydrogens is 222 g/mol. The average Bonchev–Trinajstić information content (AvgIpc) is 2.28. The van der Waals surface area contributed by atoms with Crippen molar-refractivity contribution in [2.75, 3.05) is 6.54 Å². The normalized spacial score (nSPS) is 18.8. The van der Waals surface area contributed by atoms with Gasteiger partial charge in [-0.25, -0.2) is 0 Å². The van der Waals surface area contributed by atoms with Gasteiger partial charge in [0.15, 0.2) is 0 Å². The molecule has 1 aromatic carbocycles. The SMILES string of the molecule is C=C(C=CC)[C@@H]1CCN1C(=O)c1ccccc1C. The Morgan fingerprint density at radius 2 is 2.17 bits per heavy atom. The Kier molecular flexibility index (Phi) is 3.66. The number of benzene rings is 1. The van der Waals surface area contributed by atoms with Gasteiger partial charge in [0.25, 0.3) is 5.91 Å². The zero-order valence-electron chi connectivity index (χ0n) is 11.0. The fourth-order valence-corrected chi connectivity index (χ4v) is 2.31. The van der Waals surface area contributed by atoms with E-state index in [-0.39, 0.29) is 11.9 Å². The van der Waals surface area contributed by atoms with E-state index in [1.165, 1.54) is 0 Å². The Bertz CT molecular complexity index is 502. The molecule has 1 aliphatic rings. The Labute approximate surface area is 109 Å². The number of amides is 1. The lowest BCUT2D eigenvalue weighted by Crippen LogP contribution is -2.51. The fraction of sp³-hybridized carbons (Fsp3) is 0.312. The number of aryl methyl sites for hydroxylation is 1. The summed E-state index contributed by atoms with van der Waals surface area (Å²) < 4.78 is 0. The number of hydrogen-bond donors (Lipinski definition) is 0. The summed E-state index contributed by atoms with van der Waals surface area (Å²) in [4.78, 5) is 14.3. The molecular formula is C16H19NO. The van der Waals surface area contributed by atoms with Crippen molar-refractivity contribution < 1.29 is 4.79 Å². The number of rotatable bonds is 3. The summed E-state index contributed by atoms with van der Waals surface area (Å²) in [6.45, 7) is 8.81. The first-order chi connectivity index (χ1) is 8.65. The van der Waals surface area contributed by atoms with E-state index < -0.39 is 0 Å². The van der Waals surface area contributed by atoms with E-state index in [1.54, 1.807) is 0 Å². The standard InChI is InChI=1S/C16H19NO/c1-4-7-13(3)15-10-11-17(15)16(18)14-9-6-5-8-12(14)2/h4-9,15H,3,10-11H2,1-2H3/t15-/m0/s1. The fourth-order valence-electron chi connectivity index (χ4n) is 2.31. The number of carbonyl (C=O) groups excluding carboxylic acids is 1. The second-order valence-corrected chi connectivity index (χ2v) is 4.69. The Morgan fingerprint density at radius 1 is 1.44 bits per heavy atom. The highest BCUT2D eigenvalue weighted by molar-refractivity contribution is 5.96. The molecule has 1 fully saturated rings. The van der Waals surface area contributed by atoms with E-state index in [0.717, 1.165) is 29.7 Å². The monoisotopic (exact) mass is 241 g/mol. The van der Waals surface area contributed by atoms with Crippen LogP contribution in [0.15, 0.2) is 48.6 Å². The van der Waals surface area contributed by atoms with Crippen LogP contribution < -0.4 is 0 Å². The van der Waals surface area contributed by atoms with Crippen LogP contribution in [0, 0.1) is 6.92 Å². The minimum Gasteiger partial charge on any atom is -0.331 e. The van der Waals surface area contributed by atoms with Crippen molar-refractivity contribution in [1.29, 1.82) is 0 Å². The van der Waals surface area contributed by atoms with Gasteiger partial charge in [0.2, 0.25) is 0 Å². The Hall–Kier alpha value is -1.83. The van der Waals surface area contributed by atoms with Crippen molar-refractivity contribution in [1.82, 2.24) is 4.90 Å². The number of allylic oxidation sites excluding steroid dienone is 1. The predicted molar refractivity (Wildman–Crippen MR) is 74.6 cm³/mol. The maximum absolute atomic E-state index is 12.4. The lowest BCUT2D eigenvalue weighted by Gasteiger charge is -2.42. The molecule has 2 rings (SSSR count). The zero-order chi connectivity index (χ0) is 13.1. The van der Waals surface area contributed by atoms with Crippen molar-refractivity contribution in [2.24, 2.45) is 0 Å². The van der Waals surface area contributed by atoms with Crippen LogP contribution in [0.25, 0.3) is 0 Å². The molecule has 0 bridgehead atoms. The summed E-state index contributed by atoms with van der Waals surface area (Å²) in [6.07, 6.45) is 4.97. The lowest BCUT2D eigenvalue weighted by molar-refractivity contribution is 0.0537. The summed E-state index contributed by atoms with van der Waals surface area (Å²) in [7, 11) is 0. The third-order valence-corrected chi connectivity index (χ3v) is 3.46. The minimum atomic E-state index is 0.120. The van der Waals surface area contributed by atoms with Crippen molar-refractivity contribution >= 4 is 5.91 Å². The van der Waals surface area contributed by atoms with Crippen molar-refractivity contribution in [3.8, 4) is 0 Å². The van der Waals surface area contributed by atoms with E-state index in [0.29, 0.717) is 0 Å². The maximum Gasteiger partial charge on any atom is 0.254 e. The van der Waals surface area contributed by atoms with E-state index in [2.05, 4.69) is 6.58 Å². The van der Waals surface area contributed by atoms with Crippen LogP contribution in [-0.4, -0.2) is 23.4 Å². The van der Waals surface area contributed by atoms with Gasteiger partial charge in [-0.3, -0.25) is 4.79 Å². The minimum absolute atomic E-state index is 0.120. The van der Waals surface area contributed by atoms with Gasteiger partial charge in [-0.1, -0.05) is 36.9 Å². The molecule has 1 heterocycles. The molecule has 0 radical (unpaired) electrons. The molecule has 1 amide bonds. The summed E-state index contributed by atoms with van der Waals surface area (Å²) in [5.74, 6) is 0.120. The van der Waals surface area contributed by atoms with E-state index in [4.69, 9.17) is 0 Å². The second kappa shape index (κ2) is 5.21. The predicted octanol–water partition coefficient (Wildman–Crippen LogP) is 3.34. The van der Waals surface area contributed by atoms with Crippen LogP contribution in [0.1, 0.15) is 29.3 Å². The van der Waals surface area contributed by atoms with Gasteiger partial charge in [0.1, 0.15) is 0 Å². The maximum atomic E-state index is 12.4. The first-order valence-corrected chi connectivity index (χ1v) is 6.33. The zero-order valence-corrected chi connectivity index (χ0v) is 11.0. The summed E-state index contributed by atoms with van der Waals surface area (Å²) in [5, 5.41) is 0. The van der Waals surface area contributed by atoms with Crippen molar-refractivity contribution in [3.63, 3.8) is 0 Å².